The molecule has 4 heteroatoms. The third kappa shape index (κ3) is 4.77. The number of rotatable bonds is 5. The lowest BCUT2D eigenvalue weighted by atomic mass is 9.86. The summed E-state index contributed by atoms with van der Waals surface area (Å²) in [5, 5.41) is 14.0. The van der Waals surface area contributed by atoms with E-state index in [-0.39, 0.29) is 11.2 Å². The van der Waals surface area contributed by atoms with Gasteiger partial charge in [-0.2, -0.15) is 4.57 Å². The molecule has 25 heavy (non-hydrogen) atoms. The average molecular weight is 354 g/mol. The Morgan fingerprint density at radius 2 is 1.76 bits per heavy atom. The van der Waals surface area contributed by atoms with Gasteiger partial charge in [0, 0.05) is 24.2 Å². The summed E-state index contributed by atoms with van der Waals surface area (Å²) < 4.78 is 1.81. The highest BCUT2D eigenvalue weighted by molar-refractivity contribution is 7.81. The summed E-state index contributed by atoms with van der Waals surface area (Å²) in [6.45, 7) is 10.7. The number of aliphatic hydroxyl groups excluding tert-OH is 1. The van der Waals surface area contributed by atoms with Crippen molar-refractivity contribution in [3.8, 4) is 0 Å². The van der Waals surface area contributed by atoms with Crippen molar-refractivity contribution in [2.45, 2.75) is 26.2 Å². The largest absolute Gasteiger partial charge is 0.502 e. The number of thiocarbonyl (C=S) groups is 1. The van der Waals surface area contributed by atoms with E-state index in [1.165, 1.54) is 5.56 Å². The van der Waals surface area contributed by atoms with E-state index in [1.54, 1.807) is 6.08 Å². The van der Waals surface area contributed by atoms with Crippen LogP contribution in [-0.2, 0) is 5.41 Å². The SMILES string of the molecule is C=CCNC(=S)/C(=C(\O)c1ccc(C(C)(C)C)cc1)[n+]1ccccc1. The van der Waals surface area contributed by atoms with E-state index in [2.05, 4.69) is 32.7 Å². The Hall–Kier alpha value is -2.46. The van der Waals surface area contributed by atoms with Crippen molar-refractivity contribution in [2.24, 2.45) is 0 Å². The zero-order valence-electron chi connectivity index (χ0n) is 15.0. The van der Waals surface area contributed by atoms with Crippen molar-refractivity contribution in [3.05, 3.63) is 78.6 Å². The molecule has 0 amide bonds. The lowest BCUT2D eigenvalue weighted by Crippen LogP contribution is -2.40. The molecule has 2 rings (SSSR count). The molecule has 1 aromatic carbocycles. The molecule has 0 unspecified atom stereocenters. The van der Waals surface area contributed by atoms with E-state index >= 15 is 0 Å². The molecule has 2 aromatic rings. The summed E-state index contributed by atoms with van der Waals surface area (Å²) in [4.78, 5) is 0.466. The Labute approximate surface area is 155 Å². The summed E-state index contributed by atoms with van der Waals surface area (Å²) in [7, 11) is 0. The molecular weight excluding hydrogens is 328 g/mol. The summed E-state index contributed by atoms with van der Waals surface area (Å²) in [6, 6.07) is 13.6. The van der Waals surface area contributed by atoms with Gasteiger partial charge in [-0.25, -0.2) is 0 Å². The van der Waals surface area contributed by atoms with Gasteiger partial charge >= 0.3 is 0 Å². The molecule has 0 fully saturated rings. The number of benzene rings is 1. The molecule has 0 saturated carbocycles. The molecule has 0 spiro atoms. The Balaban J connectivity index is 2.50. The fraction of sp³-hybridized carbons (Fsp3) is 0.238. The van der Waals surface area contributed by atoms with E-state index in [1.807, 2.05) is 59.4 Å². The van der Waals surface area contributed by atoms with Crippen molar-refractivity contribution < 1.29 is 9.67 Å². The molecule has 1 aromatic heterocycles. The molecule has 0 saturated heterocycles. The molecule has 130 valence electrons. The Bertz CT molecular complexity index is 772. The summed E-state index contributed by atoms with van der Waals surface area (Å²) >= 11 is 5.49. The topological polar surface area (TPSA) is 36.1 Å². The van der Waals surface area contributed by atoms with E-state index in [0.717, 1.165) is 5.56 Å². The van der Waals surface area contributed by atoms with Gasteiger partial charge in [0.1, 0.15) is 0 Å². The normalized spacial score (nSPS) is 12.3. The Kier molecular flexibility index (Phi) is 6.10. The second-order valence-electron chi connectivity index (χ2n) is 6.81. The molecule has 1 heterocycles. The summed E-state index contributed by atoms with van der Waals surface area (Å²) in [6.07, 6.45) is 5.45. The second kappa shape index (κ2) is 8.08. The van der Waals surface area contributed by atoms with Crippen LogP contribution in [0.2, 0.25) is 0 Å². The monoisotopic (exact) mass is 353 g/mol. The van der Waals surface area contributed by atoms with Crippen LogP contribution in [0.5, 0.6) is 0 Å². The van der Waals surface area contributed by atoms with Gasteiger partial charge in [-0.15, -0.1) is 6.58 Å². The zero-order valence-corrected chi connectivity index (χ0v) is 15.8. The molecule has 0 radical (unpaired) electrons. The summed E-state index contributed by atoms with van der Waals surface area (Å²) in [5.41, 5.74) is 2.55. The number of nitrogens with one attached hydrogen (secondary N) is 1. The zero-order chi connectivity index (χ0) is 18.4. The van der Waals surface area contributed by atoms with Gasteiger partial charge in [0.25, 0.3) is 5.70 Å². The Morgan fingerprint density at radius 3 is 2.28 bits per heavy atom. The van der Waals surface area contributed by atoms with Crippen LogP contribution < -0.4 is 9.88 Å². The third-order valence-electron chi connectivity index (χ3n) is 3.84. The van der Waals surface area contributed by atoms with Crippen molar-refractivity contribution in [1.29, 1.82) is 0 Å². The smallest absolute Gasteiger partial charge is 0.287 e. The fourth-order valence-corrected chi connectivity index (χ4v) is 2.69. The molecule has 3 nitrogen and oxygen atoms in total. The van der Waals surface area contributed by atoms with E-state index in [0.29, 0.717) is 17.2 Å². The number of aliphatic hydroxyl groups is 1. The highest BCUT2D eigenvalue weighted by Crippen LogP contribution is 2.24. The first kappa shape index (κ1) is 18.9. The van der Waals surface area contributed by atoms with Gasteiger partial charge in [-0.1, -0.05) is 69.4 Å². The van der Waals surface area contributed by atoms with Crippen LogP contribution in [0.1, 0.15) is 31.9 Å². The van der Waals surface area contributed by atoms with Crippen LogP contribution in [0.15, 0.2) is 67.5 Å². The predicted molar refractivity (Wildman–Crippen MR) is 108 cm³/mol. The number of hydrogen-bond donors (Lipinski definition) is 2. The van der Waals surface area contributed by atoms with E-state index in [4.69, 9.17) is 12.2 Å². The molecule has 0 atom stereocenters. The molecule has 0 bridgehead atoms. The molecule has 0 aliphatic rings. The number of hydrogen-bond acceptors (Lipinski definition) is 2. The maximum absolute atomic E-state index is 10.9. The van der Waals surface area contributed by atoms with Crippen molar-refractivity contribution in [2.75, 3.05) is 6.54 Å². The van der Waals surface area contributed by atoms with E-state index < -0.39 is 0 Å². The van der Waals surface area contributed by atoms with Gasteiger partial charge in [0.2, 0.25) is 0 Å². The quantitative estimate of drug-likeness (QED) is 0.277. The number of nitrogens with zero attached hydrogens (tertiary/aromatic N) is 1. The van der Waals surface area contributed by atoms with Crippen LogP contribution in [0.25, 0.3) is 11.5 Å². The standard InChI is InChI=1S/C21H24N2OS/c1-5-13-22-20(25)18(23-14-7-6-8-15-23)19(24)16-9-11-17(12-10-16)21(2,3)4/h5-12,14-15H,1,13H2,2-4H3,(H-,22,24,25)/p+1. The third-order valence-corrected chi connectivity index (χ3v) is 4.18. The van der Waals surface area contributed by atoms with Gasteiger partial charge < -0.3 is 10.4 Å². The van der Waals surface area contributed by atoms with Crippen molar-refractivity contribution >= 4 is 28.7 Å². The predicted octanol–water partition coefficient (Wildman–Crippen LogP) is 4.26. The molecule has 2 N–H and O–H groups in total. The first-order valence-corrected chi connectivity index (χ1v) is 8.65. The fourth-order valence-electron chi connectivity index (χ4n) is 2.41. The van der Waals surface area contributed by atoms with Crippen molar-refractivity contribution in [1.82, 2.24) is 5.32 Å². The van der Waals surface area contributed by atoms with Gasteiger partial charge in [-0.05, 0) is 11.0 Å². The van der Waals surface area contributed by atoms with Crippen molar-refractivity contribution in [3.63, 3.8) is 0 Å². The van der Waals surface area contributed by atoms with Crippen LogP contribution >= 0.6 is 12.2 Å². The Morgan fingerprint density at radius 1 is 1.16 bits per heavy atom. The average Bonchev–Trinajstić information content (AvgIpc) is 2.60. The highest BCUT2D eigenvalue weighted by atomic mass is 32.1. The molecule has 0 aliphatic carbocycles. The molecular formula is C21H25N2OS+. The second-order valence-corrected chi connectivity index (χ2v) is 7.21. The minimum Gasteiger partial charge on any atom is -0.502 e. The van der Waals surface area contributed by atoms with Crippen LogP contribution in [0, 0.1) is 0 Å². The number of aromatic nitrogens is 1. The maximum Gasteiger partial charge on any atom is 0.287 e. The first-order chi connectivity index (χ1) is 11.8. The van der Waals surface area contributed by atoms with Gasteiger partial charge in [0.05, 0.1) is 0 Å². The van der Waals surface area contributed by atoms with Crippen LogP contribution in [-0.4, -0.2) is 16.6 Å². The number of pyridine rings is 1. The highest BCUT2D eigenvalue weighted by Gasteiger charge is 2.23. The minimum atomic E-state index is 0.0652. The maximum atomic E-state index is 10.9. The van der Waals surface area contributed by atoms with E-state index in [9.17, 15) is 5.11 Å². The lowest BCUT2D eigenvalue weighted by molar-refractivity contribution is -0.576. The van der Waals surface area contributed by atoms with Crippen LogP contribution in [0.3, 0.4) is 0 Å². The summed E-state index contributed by atoms with van der Waals surface area (Å²) in [5.74, 6) is 0.137. The van der Waals surface area contributed by atoms with Gasteiger partial charge in [-0.3, -0.25) is 0 Å². The first-order valence-electron chi connectivity index (χ1n) is 8.24. The minimum absolute atomic E-state index is 0.0652. The van der Waals surface area contributed by atoms with Gasteiger partial charge in [0.15, 0.2) is 23.1 Å². The lowest BCUT2D eigenvalue weighted by Gasteiger charge is -2.19. The van der Waals surface area contributed by atoms with Crippen LogP contribution in [0.4, 0.5) is 0 Å². The molecule has 0 aliphatic heterocycles.